The Hall–Kier alpha value is -1.00. The van der Waals surface area contributed by atoms with E-state index in [-0.39, 0.29) is 5.82 Å². The van der Waals surface area contributed by atoms with Crippen LogP contribution in [-0.2, 0) is 0 Å². The van der Waals surface area contributed by atoms with E-state index in [0.717, 1.165) is 36.8 Å². The number of benzene rings is 1. The van der Waals surface area contributed by atoms with Gasteiger partial charge in [0.15, 0.2) is 0 Å². The van der Waals surface area contributed by atoms with Gasteiger partial charge in [0.1, 0.15) is 5.82 Å². The van der Waals surface area contributed by atoms with Crippen LogP contribution in [0, 0.1) is 5.82 Å². The molecule has 1 aromatic carbocycles. The van der Waals surface area contributed by atoms with Gasteiger partial charge in [-0.2, -0.15) is 12.6 Å². The summed E-state index contributed by atoms with van der Waals surface area (Å²) in [5.74, 6) is 0.416. The summed E-state index contributed by atoms with van der Waals surface area (Å²) in [5.41, 5.74) is 2.31. The molecule has 3 rings (SSSR count). The lowest BCUT2D eigenvalue weighted by Gasteiger charge is -2.22. The second kappa shape index (κ2) is 6.25. The molecule has 2 heterocycles. The third-order valence-electron chi connectivity index (χ3n) is 3.45. The van der Waals surface area contributed by atoms with Gasteiger partial charge in [0.05, 0.1) is 0 Å². The Morgan fingerprint density at radius 2 is 1.94 bits per heavy atom. The minimum absolute atomic E-state index is 0.151. The fraction of sp³-hybridized carbons (Fsp3) is 0.429. The monoisotopic (exact) mass is 266 g/mol. The van der Waals surface area contributed by atoms with E-state index in [2.05, 4.69) is 22.9 Å². The zero-order valence-corrected chi connectivity index (χ0v) is 11.4. The van der Waals surface area contributed by atoms with Gasteiger partial charge in [-0.15, -0.1) is 0 Å². The van der Waals surface area contributed by atoms with Crippen molar-refractivity contribution in [3.63, 3.8) is 0 Å². The highest BCUT2D eigenvalue weighted by Gasteiger charge is 2.18. The normalized spacial score (nSPS) is 16.4. The van der Waals surface area contributed by atoms with Crippen LogP contribution < -0.4 is 5.32 Å². The lowest BCUT2D eigenvalue weighted by atomic mass is 9.90. The molecule has 0 saturated carbocycles. The van der Waals surface area contributed by atoms with Crippen LogP contribution >= 0.6 is 12.6 Å². The summed E-state index contributed by atoms with van der Waals surface area (Å²) in [5, 5.41) is 4.40. The molecule has 0 radical (unpaired) electrons. The second-order valence-electron chi connectivity index (χ2n) is 4.46. The Kier molecular flexibility index (Phi) is 4.66. The molecule has 2 aromatic rings. The molecule has 98 valence electrons. The van der Waals surface area contributed by atoms with Crippen LogP contribution in [-0.4, -0.2) is 24.3 Å². The molecule has 1 fully saturated rings. The molecule has 1 saturated heterocycles. The van der Waals surface area contributed by atoms with Crippen molar-refractivity contribution < 1.29 is 4.39 Å². The fourth-order valence-corrected chi connectivity index (χ4v) is 2.59. The Labute approximate surface area is 112 Å². The maximum atomic E-state index is 13.2. The number of H-pyrrole nitrogens is 1. The van der Waals surface area contributed by atoms with Gasteiger partial charge in [0, 0.05) is 17.1 Å². The van der Waals surface area contributed by atoms with Crippen LogP contribution in [0.4, 0.5) is 4.39 Å². The van der Waals surface area contributed by atoms with Gasteiger partial charge in [-0.05, 0) is 61.9 Å². The molecule has 0 amide bonds. The van der Waals surface area contributed by atoms with E-state index in [9.17, 15) is 4.39 Å². The number of rotatable bonds is 1. The highest BCUT2D eigenvalue weighted by Crippen LogP contribution is 2.31. The van der Waals surface area contributed by atoms with Crippen molar-refractivity contribution in [1.29, 1.82) is 0 Å². The molecule has 18 heavy (non-hydrogen) atoms. The average Bonchev–Trinajstić information content (AvgIpc) is 2.85. The third kappa shape index (κ3) is 2.70. The van der Waals surface area contributed by atoms with E-state index in [1.165, 1.54) is 11.6 Å². The van der Waals surface area contributed by atoms with E-state index in [4.69, 9.17) is 0 Å². The molecule has 2 N–H and O–H groups in total. The van der Waals surface area contributed by atoms with Crippen LogP contribution in [0.5, 0.6) is 0 Å². The molecule has 1 aromatic heterocycles. The van der Waals surface area contributed by atoms with Crippen molar-refractivity contribution in [2.75, 3.05) is 19.3 Å². The first-order chi connectivity index (χ1) is 8.84. The number of hydrogen-bond donors (Lipinski definition) is 3. The summed E-state index contributed by atoms with van der Waals surface area (Å²) in [6, 6.07) is 4.96. The molecule has 1 aliphatic heterocycles. The van der Waals surface area contributed by atoms with Gasteiger partial charge >= 0.3 is 0 Å². The summed E-state index contributed by atoms with van der Waals surface area (Å²) in [7, 11) is 0. The number of aromatic amines is 1. The molecule has 0 atom stereocenters. The quantitative estimate of drug-likeness (QED) is 0.679. The molecule has 0 bridgehead atoms. The minimum Gasteiger partial charge on any atom is -0.361 e. The average molecular weight is 266 g/mol. The van der Waals surface area contributed by atoms with Crippen LogP contribution in [0.3, 0.4) is 0 Å². The Bertz CT molecular complexity index is 503. The largest absolute Gasteiger partial charge is 0.361 e. The third-order valence-corrected chi connectivity index (χ3v) is 3.45. The number of aromatic nitrogens is 1. The first kappa shape index (κ1) is 13.4. The highest BCUT2D eigenvalue weighted by molar-refractivity contribution is 7.79. The van der Waals surface area contributed by atoms with Crippen molar-refractivity contribution in [3.8, 4) is 0 Å². The van der Waals surface area contributed by atoms with Crippen LogP contribution in [0.25, 0.3) is 10.9 Å². The topological polar surface area (TPSA) is 27.8 Å². The minimum atomic E-state index is -0.151. The zero-order valence-electron chi connectivity index (χ0n) is 10.5. The first-order valence-electron chi connectivity index (χ1n) is 6.26. The SMILES string of the molecule is CS.Fc1ccc2[nH]cc(C3CCNCC3)c2c1. The lowest BCUT2D eigenvalue weighted by Crippen LogP contribution is -2.26. The van der Waals surface area contributed by atoms with Crippen LogP contribution in [0.1, 0.15) is 24.3 Å². The number of piperidine rings is 1. The Morgan fingerprint density at radius 3 is 2.67 bits per heavy atom. The number of hydrogen-bond acceptors (Lipinski definition) is 2. The smallest absolute Gasteiger partial charge is 0.123 e. The van der Waals surface area contributed by atoms with Gasteiger partial charge in [-0.3, -0.25) is 0 Å². The van der Waals surface area contributed by atoms with Gasteiger partial charge in [0.25, 0.3) is 0 Å². The Balaban J connectivity index is 0.000000574. The maximum absolute atomic E-state index is 13.2. The van der Waals surface area contributed by atoms with Gasteiger partial charge < -0.3 is 10.3 Å². The van der Waals surface area contributed by atoms with E-state index >= 15 is 0 Å². The van der Waals surface area contributed by atoms with Gasteiger partial charge in [-0.25, -0.2) is 4.39 Å². The summed E-state index contributed by atoms with van der Waals surface area (Å²) in [4.78, 5) is 3.23. The predicted molar refractivity (Wildman–Crippen MR) is 78.0 cm³/mol. The molecular weight excluding hydrogens is 247 g/mol. The molecule has 0 aliphatic carbocycles. The maximum Gasteiger partial charge on any atom is 0.123 e. The molecular formula is C14H19FN2S. The lowest BCUT2D eigenvalue weighted by molar-refractivity contribution is 0.462. The van der Waals surface area contributed by atoms with Gasteiger partial charge in [0.2, 0.25) is 0 Å². The molecule has 4 heteroatoms. The summed E-state index contributed by atoms with van der Waals surface area (Å²) in [6.45, 7) is 2.12. The van der Waals surface area contributed by atoms with Crippen molar-refractivity contribution in [1.82, 2.24) is 10.3 Å². The summed E-state index contributed by atoms with van der Waals surface area (Å²) < 4.78 is 13.2. The molecule has 1 aliphatic rings. The standard InChI is InChI=1S/C13H15FN2.CH4S/c14-10-1-2-13-11(7-10)12(8-16-13)9-3-5-15-6-4-9;1-2/h1-2,7-9,15-16H,3-6H2;2H,1H3. The van der Waals surface area contributed by atoms with Crippen LogP contribution in [0.15, 0.2) is 24.4 Å². The van der Waals surface area contributed by atoms with E-state index < -0.39 is 0 Å². The zero-order chi connectivity index (χ0) is 13.0. The van der Waals surface area contributed by atoms with E-state index in [1.807, 2.05) is 12.3 Å². The number of thiol groups is 1. The molecule has 2 nitrogen and oxygen atoms in total. The van der Waals surface area contributed by atoms with Crippen molar-refractivity contribution in [2.45, 2.75) is 18.8 Å². The molecule has 0 spiro atoms. The van der Waals surface area contributed by atoms with Crippen LogP contribution in [0.2, 0.25) is 0 Å². The molecule has 0 unspecified atom stereocenters. The highest BCUT2D eigenvalue weighted by atomic mass is 32.1. The van der Waals surface area contributed by atoms with E-state index in [1.54, 1.807) is 12.3 Å². The number of nitrogens with one attached hydrogen (secondary N) is 2. The summed E-state index contributed by atoms with van der Waals surface area (Å²) in [6.07, 6.45) is 6.02. The van der Waals surface area contributed by atoms with Crippen molar-refractivity contribution in [2.24, 2.45) is 0 Å². The van der Waals surface area contributed by atoms with Crippen molar-refractivity contribution >= 4 is 23.5 Å². The predicted octanol–water partition coefficient (Wildman–Crippen LogP) is 3.32. The Morgan fingerprint density at radius 1 is 1.22 bits per heavy atom. The fourth-order valence-electron chi connectivity index (χ4n) is 2.59. The van der Waals surface area contributed by atoms with E-state index in [0.29, 0.717) is 5.92 Å². The summed E-state index contributed by atoms with van der Waals surface area (Å²) >= 11 is 3.53. The van der Waals surface area contributed by atoms with Crippen molar-refractivity contribution in [3.05, 3.63) is 35.8 Å². The number of halogens is 1. The first-order valence-corrected chi connectivity index (χ1v) is 7.16. The van der Waals surface area contributed by atoms with Gasteiger partial charge in [-0.1, -0.05) is 0 Å². The second-order valence-corrected chi connectivity index (χ2v) is 4.46. The number of fused-ring (bicyclic) bond motifs is 1.